The van der Waals surface area contributed by atoms with Crippen LogP contribution in [0.4, 0.5) is 0 Å². The van der Waals surface area contributed by atoms with Gasteiger partial charge in [0.05, 0.1) is 12.1 Å². The lowest BCUT2D eigenvalue weighted by Gasteiger charge is -2.21. The monoisotopic (exact) mass is 328 g/mol. The van der Waals surface area contributed by atoms with Gasteiger partial charge in [-0.1, -0.05) is 30.3 Å². The fourth-order valence-corrected chi connectivity index (χ4v) is 2.64. The molecule has 0 radical (unpaired) electrons. The van der Waals surface area contributed by atoms with Gasteiger partial charge < -0.3 is 10.0 Å². The predicted octanol–water partition coefficient (Wildman–Crippen LogP) is 2.22. The Morgan fingerprint density at radius 1 is 1.29 bits per heavy atom. The van der Waals surface area contributed by atoms with E-state index in [1.165, 1.54) is 6.21 Å². The molecule has 0 saturated carbocycles. The van der Waals surface area contributed by atoms with E-state index in [1.807, 2.05) is 49.3 Å². The Hall–Kier alpha value is -2.27. The third-order valence-electron chi connectivity index (χ3n) is 4.06. The molecule has 1 aromatic carbocycles. The average Bonchev–Trinajstić information content (AvgIpc) is 2.54. The summed E-state index contributed by atoms with van der Waals surface area (Å²) in [6.45, 7) is 1.34. The zero-order valence-electron chi connectivity index (χ0n) is 14.2. The normalized spacial score (nSPS) is 18.6. The third-order valence-corrected chi connectivity index (χ3v) is 4.06. The molecule has 0 aromatic heterocycles. The second kappa shape index (κ2) is 8.55. The summed E-state index contributed by atoms with van der Waals surface area (Å²) in [5.41, 5.74) is 1.17. The molecular formula is C19H24N2O3. The lowest BCUT2D eigenvalue weighted by Crippen LogP contribution is -2.27. The summed E-state index contributed by atoms with van der Waals surface area (Å²) in [5.74, 6) is -0.689. The molecule has 1 N–H and O–H groups in total. The predicted molar refractivity (Wildman–Crippen MR) is 94.5 cm³/mol. The number of allylic oxidation sites excluding steroid dienone is 2. The smallest absolute Gasteiger partial charge is 0.168 e. The number of Topliss-reactive ketones (excluding diaryl/α,β-unsaturated/α-hetero) is 2. The van der Waals surface area contributed by atoms with E-state index in [0.29, 0.717) is 13.0 Å². The maximum absolute atomic E-state index is 12.4. The number of ketones is 2. The minimum absolute atomic E-state index is 0.00954. The summed E-state index contributed by atoms with van der Waals surface area (Å²) >= 11 is 0. The molecule has 1 unspecified atom stereocenters. The quantitative estimate of drug-likeness (QED) is 0.779. The third kappa shape index (κ3) is 5.13. The molecule has 0 fully saturated rings. The van der Waals surface area contributed by atoms with Gasteiger partial charge in [0, 0.05) is 37.9 Å². The zero-order chi connectivity index (χ0) is 17.5. The van der Waals surface area contributed by atoms with E-state index < -0.39 is 5.92 Å². The molecule has 0 heterocycles. The average molecular weight is 328 g/mol. The van der Waals surface area contributed by atoms with Crippen LogP contribution in [0, 0.1) is 5.92 Å². The molecule has 2 rings (SSSR count). The van der Waals surface area contributed by atoms with Crippen molar-refractivity contribution in [2.75, 3.05) is 27.2 Å². The molecule has 0 amide bonds. The van der Waals surface area contributed by atoms with Gasteiger partial charge in [-0.2, -0.15) is 0 Å². The van der Waals surface area contributed by atoms with Crippen molar-refractivity contribution in [1.82, 2.24) is 4.90 Å². The van der Waals surface area contributed by atoms with Crippen LogP contribution in [-0.2, 0) is 16.0 Å². The molecule has 24 heavy (non-hydrogen) atoms. The number of hydrogen-bond acceptors (Lipinski definition) is 5. The highest BCUT2D eigenvalue weighted by atomic mass is 16.3. The topological polar surface area (TPSA) is 70.0 Å². The molecule has 0 aliphatic heterocycles. The van der Waals surface area contributed by atoms with Crippen molar-refractivity contribution < 1.29 is 14.7 Å². The summed E-state index contributed by atoms with van der Waals surface area (Å²) in [6.07, 6.45) is 2.09. The maximum atomic E-state index is 12.4. The maximum Gasteiger partial charge on any atom is 0.168 e. The Morgan fingerprint density at radius 2 is 2.00 bits per heavy atom. The molecule has 5 nitrogen and oxygen atoms in total. The van der Waals surface area contributed by atoms with E-state index in [9.17, 15) is 14.7 Å². The van der Waals surface area contributed by atoms with Crippen LogP contribution < -0.4 is 0 Å². The van der Waals surface area contributed by atoms with Crippen molar-refractivity contribution in [1.29, 1.82) is 0 Å². The number of aliphatic hydroxyl groups excluding tert-OH is 1. The summed E-state index contributed by atoms with van der Waals surface area (Å²) in [4.78, 5) is 30.8. The standard InChI is InChI=1S/C19H24N2O3/c1-21(2)9-8-20-13-16-18(23)11-15(12-19(16)24)17(22)10-14-6-4-3-5-7-14/h3-7,13,15,23H,8-12H2,1-2H3. The van der Waals surface area contributed by atoms with Gasteiger partial charge in [0.1, 0.15) is 11.5 Å². The first-order chi connectivity index (χ1) is 11.5. The SMILES string of the molecule is CN(C)CCN=CC1=C(O)CC(C(=O)Cc2ccccc2)CC1=O. The fraction of sp³-hybridized carbons (Fsp3) is 0.421. The lowest BCUT2D eigenvalue weighted by atomic mass is 9.83. The summed E-state index contributed by atoms with van der Waals surface area (Å²) < 4.78 is 0. The van der Waals surface area contributed by atoms with Gasteiger partial charge in [-0.25, -0.2) is 0 Å². The van der Waals surface area contributed by atoms with Crippen molar-refractivity contribution in [2.45, 2.75) is 19.3 Å². The van der Waals surface area contributed by atoms with E-state index in [4.69, 9.17) is 0 Å². The van der Waals surface area contributed by atoms with Crippen molar-refractivity contribution in [3.8, 4) is 0 Å². The first-order valence-electron chi connectivity index (χ1n) is 8.14. The van der Waals surface area contributed by atoms with Crippen molar-refractivity contribution in [3.05, 3.63) is 47.2 Å². The van der Waals surface area contributed by atoms with Crippen LogP contribution in [0.3, 0.4) is 0 Å². The van der Waals surface area contributed by atoms with Crippen molar-refractivity contribution >= 4 is 17.8 Å². The molecule has 1 aliphatic carbocycles. The fourth-order valence-electron chi connectivity index (χ4n) is 2.64. The van der Waals surface area contributed by atoms with Gasteiger partial charge in [0.2, 0.25) is 0 Å². The number of hydrogen-bond donors (Lipinski definition) is 1. The van der Waals surface area contributed by atoms with Crippen LogP contribution in [0.5, 0.6) is 0 Å². The van der Waals surface area contributed by atoms with Crippen LogP contribution in [-0.4, -0.2) is 55.0 Å². The molecule has 128 valence electrons. The molecule has 0 spiro atoms. The van der Waals surface area contributed by atoms with Crippen LogP contribution in [0.1, 0.15) is 18.4 Å². The number of rotatable bonds is 7. The summed E-state index contributed by atoms with van der Waals surface area (Å²) in [7, 11) is 3.89. The van der Waals surface area contributed by atoms with Gasteiger partial charge in [-0.3, -0.25) is 14.6 Å². The number of nitrogens with zero attached hydrogens (tertiary/aromatic N) is 2. The summed E-state index contributed by atoms with van der Waals surface area (Å²) in [5, 5.41) is 10.1. The Kier molecular flexibility index (Phi) is 6.44. The number of aliphatic hydroxyl groups is 1. The molecule has 1 aromatic rings. The van der Waals surface area contributed by atoms with E-state index >= 15 is 0 Å². The van der Waals surface area contributed by atoms with E-state index in [-0.39, 0.29) is 35.7 Å². The second-order valence-corrected chi connectivity index (χ2v) is 6.36. The van der Waals surface area contributed by atoms with Crippen LogP contribution in [0.25, 0.3) is 0 Å². The Balaban J connectivity index is 1.98. The number of aliphatic imine (C=N–C) groups is 1. The largest absolute Gasteiger partial charge is 0.511 e. The first-order valence-corrected chi connectivity index (χ1v) is 8.14. The minimum Gasteiger partial charge on any atom is -0.511 e. The van der Waals surface area contributed by atoms with Gasteiger partial charge >= 0.3 is 0 Å². The van der Waals surface area contributed by atoms with Crippen molar-refractivity contribution in [3.63, 3.8) is 0 Å². The molecule has 1 aliphatic rings. The molecule has 0 bridgehead atoms. The molecular weight excluding hydrogens is 304 g/mol. The number of likely N-dealkylation sites (N-methyl/N-ethyl adjacent to an activating group) is 1. The Bertz CT molecular complexity index is 648. The molecule has 1 atom stereocenters. The summed E-state index contributed by atoms with van der Waals surface area (Å²) in [6, 6.07) is 9.44. The van der Waals surface area contributed by atoms with Gasteiger partial charge in [0.25, 0.3) is 0 Å². The van der Waals surface area contributed by atoms with Gasteiger partial charge in [-0.05, 0) is 19.7 Å². The highest BCUT2D eigenvalue weighted by Crippen LogP contribution is 2.26. The first kappa shape index (κ1) is 18.1. The number of carbonyl (C=O) groups excluding carboxylic acids is 2. The second-order valence-electron chi connectivity index (χ2n) is 6.36. The lowest BCUT2D eigenvalue weighted by molar-refractivity contribution is -0.127. The molecule has 0 saturated heterocycles. The number of benzene rings is 1. The Morgan fingerprint density at radius 3 is 2.62 bits per heavy atom. The zero-order valence-corrected chi connectivity index (χ0v) is 14.2. The van der Waals surface area contributed by atoms with Gasteiger partial charge in [-0.15, -0.1) is 0 Å². The minimum atomic E-state index is -0.448. The van der Waals surface area contributed by atoms with E-state index in [2.05, 4.69) is 4.99 Å². The van der Waals surface area contributed by atoms with Crippen LogP contribution in [0.15, 0.2) is 46.7 Å². The molecule has 5 heteroatoms. The Labute approximate surface area is 142 Å². The van der Waals surface area contributed by atoms with E-state index in [1.54, 1.807) is 0 Å². The van der Waals surface area contributed by atoms with E-state index in [0.717, 1.165) is 12.1 Å². The van der Waals surface area contributed by atoms with Crippen molar-refractivity contribution in [2.24, 2.45) is 10.9 Å². The highest BCUT2D eigenvalue weighted by molar-refractivity contribution is 6.15. The van der Waals surface area contributed by atoms with Crippen LogP contribution in [0.2, 0.25) is 0 Å². The van der Waals surface area contributed by atoms with Gasteiger partial charge in [0.15, 0.2) is 5.78 Å². The number of carbonyl (C=O) groups is 2. The van der Waals surface area contributed by atoms with Crippen LogP contribution >= 0.6 is 0 Å². The highest BCUT2D eigenvalue weighted by Gasteiger charge is 2.30.